The molecule has 0 bridgehead atoms. The molecule has 1 rings (SSSR count). The Morgan fingerprint density at radius 2 is 2.00 bits per heavy atom. The summed E-state index contributed by atoms with van der Waals surface area (Å²) in [6.45, 7) is 8.16. The van der Waals surface area contributed by atoms with E-state index >= 15 is 0 Å². The summed E-state index contributed by atoms with van der Waals surface area (Å²) in [5, 5.41) is 2.81. The van der Waals surface area contributed by atoms with Crippen molar-refractivity contribution in [2.75, 3.05) is 19.6 Å². The highest BCUT2D eigenvalue weighted by molar-refractivity contribution is 7.90. The maximum atomic E-state index is 12.1. The largest absolute Gasteiger partial charge is 0.315 e. The van der Waals surface area contributed by atoms with E-state index in [1.807, 2.05) is 0 Å². The van der Waals surface area contributed by atoms with Gasteiger partial charge >= 0.3 is 0 Å². The minimum absolute atomic E-state index is 0.362. The van der Waals surface area contributed by atoms with E-state index in [0.717, 1.165) is 25.3 Å². The molecule has 0 aromatic carbocycles. The van der Waals surface area contributed by atoms with Crippen LogP contribution in [0.2, 0.25) is 0 Å². The zero-order valence-corrected chi connectivity index (χ0v) is 14.1. The summed E-state index contributed by atoms with van der Waals surface area (Å²) < 4.78 is 26.9. The molecule has 0 amide bonds. The summed E-state index contributed by atoms with van der Waals surface area (Å²) in [6, 6.07) is 0. The van der Waals surface area contributed by atoms with Gasteiger partial charge in [0.15, 0.2) is 0 Å². The van der Waals surface area contributed by atoms with Crippen molar-refractivity contribution in [2.45, 2.75) is 64.5 Å². The van der Waals surface area contributed by atoms with Gasteiger partial charge in [-0.15, -0.1) is 0 Å². The average Bonchev–Trinajstić information content (AvgIpc) is 2.38. The number of nitrogens with one attached hydrogen (secondary N) is 2. The van der Waals surface area contributed by atoms with Crippen LogP contribution in [0.5, 0.6) is 0 Å². The second-order valence-corrected chi connectivity index (χ2v) is 8.56. The lowest BCUT2D eigenvalue weighted by Gasteiger charge is -2.26. The number of hydrogen-bond acceptors (Lipinski definition) is 3. The minimum Gasteiger partial charge on any atom is -0.315 e. The van der Waals surface area contributed by atoms with E-state index in [9.17, 15) is 8.42 Å². The second-order valence-electron chi connectivity index (χ2n) is 6.38. The van der Waals surface area contributed by atoms with E-state index in [0.29, 0.717) is 19.0 Å². The van der Waals surface area contributed by atoms with Crippen molar-refractivity contribution in [1.82, 2.24) is 10.0 Å². The molecule has 3 unspecified atom stereocenters. The van der Waals surface area contributed by atoms with Gasteiger partial charge < -0.3 is 5.32 Å². The van der Waals surface area contributed by atoms with Crippen molar-refractivity contribution in [3.05, 3.63) is 0 Å². The third-order valence-electron chi connectivity index (χ3n) is 4.29. The predicted molar refractivity (Wildman–Crippen MR) is 85.3 cm³/mol. The number of sulfonamides is 1. The first-order valence-electron chi connectivity index (χ1n) is 8.15. The summed E-state index contributed by atoms with van der Waals surface area (Å²) in [5.41, 5.74) is 0. The first-order valence-corrected chi connectivity index (χ1v) is 9.69. The highest BCUT2D eigenvalue weighted by Gasteiger charge is 2.22. The molecule has 3 atom stereocenters. The molecule has 0 aliphatic heterocycles. The van der Waals surface area contributed by atoms with Crippen LogP contribution in [0.3, 0.4) is 0 Å². The van der Waals surface area contributed by atoms with Crippen LogP contribution >= 0.6 is 0 Å². The molecule has 1 aliphatic carbocycles. The molecule has 0 spiro atoms. The average molecular weight is 305 g/mol. The Hall–Kier alpha value is -0.130. The van der Waals surface area contributed by atoms with E-state index < -0.39 is 10.0 Å². The standard InChI is InChI=1S/C15H32N2O2S/c1-4-9-16-12-14(3)20(18,19)17-10-8-15-7-5-6-13(2)11-15/h13-17H,4-12H2,1-3H3. The van der Waals surface area contributed by atoms with Gasteiger partial charge in [-0.3, -0.25) is 0 Å². The lowest BCUT2D eigenvalue weighted by Crippen LogP contribution is -2.40. The summed E-state index contributed by atoms with van der Waals surface area (Å²) >= 11 is 0. The molecular weight excluding hydrogens is 272 g/mol. The molecule has 2 N–H and O–H groups in total. The first-order chi connectivity index (χ1) is 9.45. The first kappa shape index (κ1) is 17.9. The Bertz CT molecular complexity index is 357. The summed E-state index contributed by atoms with van der Waals surface area (Å²) in [5.74, 6) is 1.51. The Kier molecular flexibility index (Phi) is 8.07. The van der Waals surface area contributed by atoms with Gasteiger partial charge in [0.1, 0.15) is 0 Å². The molecule has 120 valence electrons. The van der Waals surface area contributed by atoms with Gasteiger partial charge in [-0.1, -0.05) is 33.1 Å². The van der Waals surface area contributed by atoms with Crippen molar-refractivity contribution < 1.29 is 8.42 Å². The smallest absolute Gasteiger partial charge is 0.215 e. The molecule has 1 saturated carbocycles. The molecule has 4 nitrogen and oxygen atoms in total. The Morgan fingerprint density at radius 3 is 2.65 bits per heavy atom. The Morgan fingerprint density at radius 1 is 1.25 bits per heavy atom. The van der Waals surface area contributed by atoms with Gasteiger partial charge in [-0.2, -0.15) is 0 Å². The van der Waals surface area contributed by atoms with Gasteiger partial charge in [0.25, 0.3) is 0 Å². The van der Waals surface area contributed by atoms with Crippen LogP contribution in [0.25, 0.3) is 0 Å². The fourth-order valence-corrected chi connectivity index (χ4v) is 3.99. The topological polar surface area (TPSA) is 58.2 Å². The SMILES string of the molecule is CCCNCC(C)S(=O)(=O)NCCC1CCCC(C)C1. The molecule has 1 fully saturated rings. The van der Waals surface area contributed by atoms with Gasteiger partial charge in [0.05, 0.1) is 5.25 Å². The highest BCUT2D eigenvalue weighted by Crippen LogP contribution is 2.30. The quantitative estimate of drug-likeness (QED) is 0.644. The fourth-order valence-electron chi connectivity index (χ4n) is 2.96. The molecular formula is C15H32N2O2S. The van der Waals surface area contributed by atoms with Crippen molar-refractivity contribution in [3.8, 4) is 0 Å². The van der Waals surface area contributed by atoms with E-state index in [2.05, 4.69) is 23.9 Å². The van der Waals surface area contributed by atoms with Crippen LogP contribution < -0.4 is 10.0 Å². The van der Waals surface area contributed by atoms with Crippen LogP contribution in [-0.4, -0.2) is 33.3 Å². The van der Waals surface area contributed by atoms with Gasteiger partial charge in [0.2, 0.25) is 10.0 Å². The van der Waals surface area contributed by atoms with Crippen molar-refractivity contribution in [1.29, 1.82) is 0 Å². The van der Waals surface area contributed by atoms with Gasteiger partial charge in [-0.25, -0.2) is 13.1 Å². The normalized spacial score (nSPS) is 25.6. The molecule has 0 radical (unpaired) electrons. The number of rotatable bonds is 9. The molecule has 20 heavy (non-hydrogen) atoms. The van der Waals surface area contributed by atoms with Gasteiger partial charge in [-0.05, 0) is 44.6 Å². The zero-order valence-electron chi connectivity index (χ0n) is 13.3. The third-order valence-corrected chi connectivity index (χ3v) is 6.12. The number of hydrogen-bond donors (Lipinski definition) is 2. The van der Waals surface area contributed by atoms with E-state index in [-0.39, 0.29) is 5.25 Å². The monoisotopic (exact) mass is 304 g/mol. The maximum Gasteiger partial charge on any atom is 0.215 e. The van der Waals surface area contributed by atoms with E-state index in [1.165, 1.54) is 25.7 Å². The fraction of sp³-hybridized carbons (Fsp3) is 1.00. The van der Waals surface area contributed by atoms with Crippen molar-refractivity contribution in [2.24, 2.45) is 11.8 Å². The predicted octanol–water partition coefficient (Wildman–Crippen LogP) is 2.51. The summed E-state index contributed by atoms with van der Waals surface area (Å²) in [7, 11) is -3.17. The molecule has 1 aliphatic rings. The molecule has 5 heteroatoms. The van der Waals surface area contributed by atoms with Crippen molar-refractivity contribution in [3.63, 3.8) is 0 Å². The highest BCUT2D eigenvalue weighted by atomic mass is 32.2. The minimum atomic E-state index is -3.17. The lowest BCUT2D eigenvalue weighted by molar-refractivity contribution is 0.271. The molecule has 0 aromatic rings. The van der Waals surface area contributed by atoms with Crippen LogP contribution in [-0.2, 0) is 10.0 Å². The van der Waals surface area contributed by atoms with Gasteiger partial charge in [0, 0.05) is 13.1 Å². The zero-order chi connectivity index (χ0) is 15.0. The maximum absolute atomic E-state index is 12.1. The van der Waals surface area contributed by atoms with Crippen LogP contribution in [0.1, 0.15) is 59.3 Å². The lowest BCUT2D eigenvalue weighted by atomic mass is 9.81. The summed E-state index contributed by atoms with van der Waals surface area (Å²) in [4.78, 5) is 0. The molecule has 0 heterocycles. The molecule has 0 aromatic heterocycles. The second kappa shape index (κ2) is 9.00. The van der Waals surface area contributed by atoms with Crippen LogP contribution in [0.4, 0.5) is 0 Å². The molecule has 0 saturated heterocycles. The Labute approximate surface area is 125 Å². The van der Waals surface area contributed by atoms with Crippen LogP contribution in [0.15, 0.2) is 0 Å². The van der Waals surface area contributed by atoms with E-state index in [4.69, 9.17) is 0 Å². The summed E-state index contributed by atoms with van der Waals surface area (Å²) in [6.07, 6.45) is 7.17. The third kappa shape index (κ3) is 6.55. The van der Waals surface area contributed by atoms with Crippen LogP contribution in [0, 0.1) is 11.8 Å². The Balaban J connectivity index is 2.24. The van der Waals surface area contributed by atoms with Crippen molar-refractivity contribution >= 4 is 10.0 Å². The van der Waals surface area contributed by atoms with E-state index in [1.54, 1.807) is 6.92 Å².